The molecule has 2 aromatic carbocycles. The molecule has 0 aromatic heterocycles. The van der Waals surface area contributed by atoms with E-state index in [2.05, 4.69) is 52.0 Å². The maximum atomic E-state index is 10.8. The lowest BCUT2D eigenvalue weighted by atomic mass is 10.0. The molecule has 0 saturated heterocycles. The summed E-state index contributed by atoms with van der Waals surface area (Å²) in [6.45, 7) is 8.78. The van der Waals surface area contributed by atoms with E-state index in [9.17, 15) is 10.2 Å². The van der Waals surface area contributed by atoms with Gasteiger partial charge in [0.2, 0.25) is 0 Å². The zero-order valence-corrected chi connectivity index (χ0v) is 23.4. The molecule has 0 bridgehead atoms. The first kappa shape index (κ1) is 28.3. The van der Waals surface area contributed by atoms with Crippen LogP contribution in [0.4, 0.5) is 0 Å². The quantitative estimate of drug-likeness (QED) is 0.222. The van der Waals surface area contributed by atoms with Crippen molar-refractivity contribution in [1.82, 2.24) is 0 Å². The van der Waals surface area contributed by atoms with Crippen molar-refractivity contribution in [3.8, 4) is 11.5 Å². The van der Waals surface area contributed by atoms with Gasteiger partial charge < -0.3 is 10.2 Å². The molecule has 2 N–H and O–H groups in total. The smallest absolute Gasteiger partial charge is 0.122 e. The highest BCUT2D eigenvalue weighted by molar-refractivity contribution is 9.09. The Balaban J connectivity index is 2.15. The third-order valence-electron chi connectivity index (χ3n) is 5.94. The Hall–Kier alpha value is -0.910. The van der Waals surface area contributed by atoms with Crippen LogP contribution in [-0.2, 0) is 25.7 Å². The van der Waals surface area contributed by atoms with Gasteiger partial charge >= 0.3 is 0 Å². The van der Waals surface area contributed by atoms with Crippen molar-refractivity contribution in [2.75, 3.05) is 0 Å². The molecule has 5 heteroatoms. The van der Waals surface area contributed by atoms with Gasteiger partial charge in [-0.15, -0.1) is 0 Å². The number of rotatable bonds is 16. The largest absolute Gasteiger partial charge is 0.507 e. The van der Waals surface area contributed by atoms with E-state index in [1.807, 2.05) is 0 Å². The van der Waals surface area contributed by atoms with E-state index in [1.54, 1.807) is 31.4 Å². The molecule has 0 unspecified atom stereocenters. The molecule has 184 valence electrons. The molecule has 2 aromatic rings. The van der Waals surface area contributed by atoms with Crippen LogP contribution in [0.2, 0.25) is 0 Å². The van der Waals surface area contributed by atoms with Gasteiger partial charge in [0.15, 0.2) is 0 Å². The van der Waals surface area contributed by atoms with Crippen molar-refractivity contribution < 1.29 is 10.2 Å². The minimum absolute atomic E-state index is 0.513. The van der Waals surface area contributed by atoms with Crippen molar-refractivity contribution in [2.24, 2.45) is 0 Å². The molecule has 33 heavy (non-hydrogen) atoms. The molecule has 0 radical (unpaired) electrons. The number of aryl methyl sites for hydroxylation is 4. The minimum Gasteiger partial charge on any atom is -0.507 e. The topological polar surface area (TPSA) is 40.5 Å². The van der Waals surface area contributed by atoms with E-state index < -0.39 is 0 Å². The van der Waals surface area contributed by atoms with Gasteiger partial charge in [-0.05, 0) is 129 Å². The Morgan fingerprint density at radius 3 is 1.03 bits per heavy atom. The summed E-state index contributed by atoms with van der Waals surface area (Å²) in [5.74, 6) is 1.03. The number of phenols is 2. The predicted molar refractivity (Wildman–Crippen MR) is 150 cm³/mol. The second kappa shape index (κ2) is 15.9. The molecule has 0 amide bonds. The fourth-order valence-electron chi connectivity index (χ4n) is 3.88. The van der Waals surface area contributed by atoms with Gasteiger partial charge in [0.1, 0.15) is 11.5 Å². The van der Waals surface area contributed by atoms with Crippen molar-refractivity contribution in [3.05, 3.63) is 46.5 Å². The van der Waals surface area contributed by atoms with Crippen LogP contribution >= 0.6 is 31.4 Å². The maximum Gasteiger partial charge on any atom is 0.122 e. The van der Waals surface area contributed by atoms with Gasteiger partial charge in [-0.2, -0.15) is 0 Å². The molecule has 0 aliphatic heterocycles. The van der Waals surface area contributed by atoms with E-state index in [1.165, 1.54) is 9.79 Å². The van der Waals surface area contributed by atoms with Gasteiger partial charge in [-0.1, -0.05) is 53.4 Å². The van der Waals surface area contributed by atoms with Crippen molar-refractivity contribution in [1.29, 1.82) is 0 Å². The summed E-state index contributed by atoms with van der Waals surface area (Å²) >= 11 is 0. The van der Waals surface area contributed by atoms with Crippen LogP contribution < -0.4 is 0 Å². The molecule has 0 aliphatic carbocycles. The van der Waals surface area contributed by atoms with Gasteiger partial charge in [-0.25, -0.2) is 0 Å². The molecule has 0 heterocycles. The van der Waals surface area contributed by atoms with E-state index >= 15 is 0 Å². The Morgan fingerprint density at radius 1 is 0.515 bits per heavy atom. The summed E-state index contributed by atoms with van der Waals surface area (Å²) in [5, 5.41) is 21.5. The number of aromatic hydroxyl groups is 2. The number of unbranched alkanes of at least 4 members (excludes halogenated alkanes) is 4. The third kappa shape index (κ3) is 9.33. The van der Waals surface area contributed by atoms with E-state index in [4.69, 9.17) is 0 Å². The van der Waals surface area contributed by atoms with Gasteiger partial charge in [0.05, 0.1) is 0 Å². The zero-order valence-electron chi connectivity index (χ0n) is 20.9. The Bertz CT molecular complexity index is 724. The first-order valence-corrected chi connectivity index (χ1v) is 16.2. The lowest BCUT2D eigenvalue weighted by molar-refractivity contribution is 0.457. The number of hydrogen-bond acceptors (Lipinski definition) is 5. The van der Waals surface area contributed by atoms with E-state index in [0.29, 0.717) is 11.5 Å². The summed E-state index contributed by atoms with van der Waals surface area (Å²) in [6.07, 6.45) is 12.7. The van der Waals surface area contributed by atoms with E-state index in [0.717, 1.165) is 99.3 Å². The van der Waals surface area contributed by atoms with Crippen LogP contribution in [0, 0.1) is 0 Å². The van der Waals surface area contributed by atoms with Crippen LogP contribution in [-0.4, -0.2) is 10.2 Å². The average Bonchev–Trinajstić information content (AvgIpc) is 2.82. The van der Waals surface area contributed by atoms with Crippen LogP contribution in [0.1, 0.15) is 101 Å². The Kier molecular flexibility index (Phi) is 13.6. The van der Waals surface area contributed by atoms with Crippen LogP contribution in [0.15, 0.2) is 34.1 Å². The molecular weight excluding hydrogens is 465 g/mol. The highest BCUT2D eigenvalue weighted by Gasteiger charge is 2.13. The maximum absolute atomic E-state index is 10.8. The monoisotopic (exact) mass is 506 g/mol. The lowest BCUT2D eigenvalue weighted by Crippen LogP contribution is -1.94. The molecule has 0 spiro atoms. The summed E-state index contributed by atoms with van der Waals surface area (Å²) in [6, 6.07) is 8.70. The lowest BCUT2D eigenvalue weighted by Gasteiger charge is -2.14. The molecule has 2 nitrogen and oxygen atoms in total. The first-order valence-electron chi connectivity index (χ1n) is 12.7. The van der Waals surface area contributed by atoms with E-state index in [-0.39, 0.29) is 0 Å². The number of phenolic OH excluding ortho intramolecular Hbond substituents is 2. The zero-order chi connectivity index (χ0) is 24.1. The molecular formula is C28H42O2S3. The number of hydrogen-bond donors (Lipinski definition) is 2. The number of benzene rings is 2. The highest BCUT2D eigenvalue weighted by Crippen LogP contribution is 2.47. The summed E-state index contributed by atoms with van der Waals surface area (Å²) < 4.78 is 0. The molecule has 0 fully saturated rings. The summed E-state index contributed by atoms with van der Waals surface area (Å²) in [4.78, 5) is 2.44. The second-order valence-corrected chi connectivity index (χ2v) is 12.9. The summed E-state index contributed by atoms with van der Waals surface area (Å²) in [7, 11) is 5.33. The average molecular weight is 507 g/mol. The molecule has 0 aliphatic rings. The van der Waals surface area contributed by atoms with Gasteiger partial charge in [0.25, 0.3) is 0 Å². The standard InChI is InChI=1S/C28H42O2S3/c1-5-9-13-21-17-25(18-22(27(21)29)14-10-6-2)31-33-32-26-19-23(15-11-7-3)28(30)24(20-26)16-12-8-4/h17-20,29-30H,5-16H2,1-4H3. The summed E-state index contributed by atoms with van der Waals surface area (Å²) in [5.41, 5.74) is 4.36. The normalized spacial score (nSPS) is 11.3. The minimum atomic E-state index is 0.513. The van der Waals surface area contributed by atoms with Crippen molar-refractivity contribution in [3.63, 3.8) is 0 Å². The highest BCUT2D eigenvalue weighted by atomic mass is 33.5. The van der Waals surface area contributed by atoms with Crippen LogP contribution in [0.3, 0.4) is 0 Å². The first-order chi connectivity index (χ1) is 16.0. The van der Waals surface area contributed by atoms with Crippen LogP contribution in [0.5, 0.6) is 11.5 Å². The Morgan fingerprint density at radius 2 is 0.788 bits per heavy atom. The Labute approximate surface area is 213 Å². The van der Waals surface area contributed by atoms with Crippen molar-refractivity contribution in [2.45, 2.75) is 115 Å². The van der Waals surface area contributed by atoms with Crippen LogP contribution in [0.25, 0.3) is 0 Å². The van der Waals surface area contributed by atoms with Crippen molar-refractivity contribution >= 4 is 31.4 Å². The molecule has 2 rings (SSSR count). The SMILES string of the molecule is CCCCc1cc(SSSc2cc(CCCC)c(O)c(CCCC)c2)cc(CCCC)c1O. The second-order valence-electron chi connectivity index (χ2n) is 8.83. The van der Waals surface area contributed by atoms with Gasteiger partial charge in [0, 0.05) is 9.79 Å². The molecule has 0 atom stereocenters. The fraction of sp³-hybridized carbons (Fsp3) is 0.571. The fourth-order valence-corrected chi connectivity index (χ4v) is 7.70. The van der Waals surface area contributed by atoms with Gasteiger partial charge in [-0.3, -0.25) is 0 Å². The predicted octanol–water partition coefficient (Wildman–Crippen LogP) is 9.92. The molecule has 0 saturated carbocycles. The third-order valence-corrected chi connectivity index (χ3v) is 9.72.